The van der Waals surface area contributed by atoms with Gasteiger partial charge in [-0.3, -0.25) is 9.20 Å². The molecule has 0 bridgehead atoms. The largest absolute Gasteiger partial charge is 0.311 e. The van der Waals surface area contributed by atoms with Gasteiger partial charge in [0.1, 0.15) is 17.8 Å². The zero-order chi connectivity index (χ0) is 11.8. The minimum absolute atomic E-state index is 0.129. The van der Waals surface area contributed by atoms with Crippen LogP contribution in [-0.4, -0.2) is 20.3 Å². The molecule has 3 heterocycles. The predicted molar refractivity (Wildman–Crippen MR) is 64.8 cm³/mol. The van der Waals surface area contributed by atoms with E-state index in [1.165, 1.54) is 6.92 Å². The molecule has 0 aliphatic heterocycles. The van der Waals surface area contributed by atoms with E-state index in [2.05, 4.69) is 15.3 Å². The van der Waals surface area contributed by atoms with Gasteiger partial charge in [0, 0.05) is 18.5 Å². The Morgan fingerprint density at radius 2 is 2.24 bits per heavy atom. The van der Waals surface area contributed by atoms with Crippen LogP contribution in [0.1, 0.15) is 6.92 Å². The van der Waals surface area contributed by atoms with Crippen LogP contribution in [-0.2, 0) is 4.79 Å². The summed E-state index contributed by atoms with van der Waals surface area (Å²) in [7, 11) is 0. The van der Waals surface area contributed by atoms with Gasteiger partial charge in [-0.25, -0.2) is 9.97 Å². The van der Waals surface area contributed by atoms with Crippen molar-refractivity contribution in [3.8, 4) is 0 Å². The molecule has 84 valence electrons. The minimum Gasteiger partial charge on any atom is -0.311 e. The molecule has 0 saturated heterocycles. The lowest BCUT2D eigenvalue weighted by Crippen LogP contribution is -2.07. The highest BCUT2D eigenvalue weighted by molar-refractivity contribution is 5.90. The smallest absolute Gasteiger partial charge is 0.222 e. The number of amides is 1. The molecule has 3 rings (SSSR count). The van der Waals surface area contributed by atoms with Gasteiger partial charge in [-0.05, 0) is 24.3 Å². The predicted octanol–water partition coefficient (Wildman–Crippen LogP) is 1.84. The molecule has 0 unspecified atom stereocenters. The number of nitrogens with one attached hydrogen (secondary N) is 1. The molecule has 0 fully saturated rings. The van der Waals surface area contributed by atoms with E-state index in [1.807, 2.05) is 22.6 Å². The van der Waals surface area contributed by atoms with Gasteiger partial charge in [0.05, 0.1) is 5.52 Å². The topological polar surface area (TPSA) is 59.3 Å². The molecule has 3 aromatic heterocycles. The molecule has 5 heteroatoms. The lowest BCUT2D eigenvalue weighted by atomic mass is 10.3. The van der Waals surface area contributed by atoms with Crippen molar-refractivity contribution >= 4 is 28.3 Å². The number of carbonyl (C=O) groups is 1. The summed E-state index contributed by atoms with van der Waals surface area (Å²) in [6, 6.07) is 7.67. The van der Waals surface area contributed by atoms with Crippen LogP contribution < -0.4 is 5.32 Å². The van der Waals surface area contributed by atoms with E-state index in [4.69, 9.17) is 0 Å². The Kier molecular flexibility index (Phi) is 2.04. The second-order valence-corrected chi connectivity index (χ2v) is 3.81. The van der Waals surface area contributed by atoms with Crippen LogP contribution in [0.5, 0.6) is 0 Å². The maximum Gasteiger partial charge on any atom is 0.222 e. The summed E-state index contributed by atoms with van der Waals surface area (Å²) < 4.78 is 1.89. The number of pyridine rings is 1. The molecule has 0 radical (unpaired) electrons. The number of carbonyl (C=O) groups excluding carboxylic acids is 1. The molecule has 0 atom stereocenters. The highest BCUT2D eigenvalue weighted by atomic mass is 16.1. The summed E-state index contributed by atoms with van der Waals surface area (Å²) >= 11 is 0. The van der Waals surface area contributed by atoms with Gasteiger partial charge in [-0.15, -0.1) is 0 Å². The summed E-state index contributed by atoms with van der Waals surface area (Å²) in [5, 5.41) is 3.69. The Labute approximate surface area is 97.1 Å². The quantitative estimate of drug-likeness (QED) is 0.688. The van der Waals surface area contributed by atoms with E-state index >= 15 is 0 Å². The first-order valence-corrected chi connectivity index (χ1v) is 5.23. The molecule has 0 spiro atoms. The van der Waals surface area contributed by atoms with E-state index < -0.39 is 0 Å². The first-order valence-electron chi connectivity index (χ1n) is 5.23. The third kappa shape index (κ3) is 1.61. The summed E-state index contributed by atoms with van der Waals surface area (Å²) in [6.45, 7) is 1.46. The Morgan fingerprint density at radius 1 is 1.35 bits per heavy atom. The Morgan fingerprint density at radius 3 is 3.06 bits per heavy atom. The molecule has 0 saturated carbocycles. The average molecular weight is 226 g/mol. The maximum absolute atomic E-state index is 11.0. The molecule has 0 aliphatic rings. The second kappa shape index (κ2) is 3.55. The first-order chi connectivity index (χ1) is 8.24. The fourth-order valence-electron chi connectivity index (χ4n) is 1.84. The monoisotopic (exact) mass is 226 g/mol. The summed E-state index contributed by atoms with van der Waals surface area (Å²) in [4.78, 5) is 19.4. The summed E-state index contributed by atoms with van der Waals surface area (Å²) in [6.07, 6.45) is 3.45. The maximum atomic E-state index is 11.0. The molecule has 0 aliphatic carbocycles. The van der Waals surface area contributed by atoms with Crippen LogP contribution in [0.25, 0.3) is 16.6 Å². The van der Waals surface area contributed by atoms with Crippen LogP contribution in [0.3, 0.4) is 0 Å². The molecule has 3 aromatic rings. The van der Waals surface area contributed by atoms with Crippen molar-refractivity contribution in [3.05, 3.63) is 36.8 Å². The highest BCUT2D eigenvalue weighted by Gasteiger charge is 2.05. The normalized spacial score (nSPS) is 10.9. The second-order valence-electron chi connectivity index (χ2n) is 3.81. The lowest BCUT2D eigenvalue weighted by molar-refractivity contribution is -0.114. The lowest BCUT2D eigenvalue weighted by Gasteiger charge is -2.01. The minimum atomic E-state index is -0.129. The summed E-state index contributed by atoms with van der Waals surface area (Å²) in [5.74, 6) is 0.421. The summed E-state index contributed by atoms with van der Waals surface area (Å²) in [5.41, 5.74) is 1.82. The van der Waals surface area contributed by atoms with Crippen molar-refractivity contribution in [3.63, 3.8) is 0 Å². The van der Waals surface area contributed by atoms with Gasteiger partial charge in [-0.1, -0.05) is 0 Å². The van der Waals surface area contributed by atoms with Crippen molar-refractivity contribution in [2.45, 2.75) is 6.92 Å². The van der Waals surface area contributed by atoms with Gasteiger partial charge in [-0.2, -0.15) is 0 Å². The third-order valence-corrected chi connectivity index (χ3v) is 2.53. The number of aromatic nitrogens is 3. The third-order valence-electron chi connectivity index (χ3n) is 2.53. The number of hydrogen-bond donors (Lipinski definition) is 1. The van der Waals surface area contributed by atoms with Gasteiger partial charge in [0.15, 0.2) is 0 Å². The Balaban J connectivity index is 2.26. The van der Waals surface area contributed by atoms with Crippen molar-refractivity contribution in [2.75, 3.05) is 5.32 Å². The van der Waals surface area contributed by atoms with Crippen molar-refractivity contribution < 1.29 is 4.79 Å². The molecule has 0 aromatic carbocycles. The average Bonchev–Trinajstić information content (AvgIpc) is 2.66. The zero-order valence-electron chi connectivity index (χ0n) is 9.21. The number of hydrogen-bond acceptors (Lipinski definition) is 3. The molecule has 1 amide bonds. The van der Waals surface area contributed by atoms with Gasteiger partial charge in [0.2, 0.25) is 5.91 Å². The molecule has 5 nitrogen and oxygen atoms in total. The molecular formula is C12H10N4O. The van der Waals surface area contributed by atoms with Crippen LogP contribution in [0, 0.1) is 0 Å². The molecular weight excluding hydrogens is 216 g/mol. The zero-order valence-corrected chi connectivity index (χ0v) is 9.21. The van der Waals surface area contributed by atoms with Crippen LogP contribution in [0.2, 0.25) is 0 Å². The van der Waals surface area contributed by atoms with Crippen LogP contribution in [0.4, 0.5) is 5.82 Å². The fraction of sp³-hybridized carbons (Fsp3) is 0.0833. The van der Waals surface area contributed by atoms with Crippen LogP contribution >= 0.6 is 0 Å². The Hall–Kier alpha value is -2.43. The molecule has 1 N–H and O–H groups in total. The SMILES string of the molecule is CC(=O)Nc1ccc2cc3ccncn3c2n1. The fourth-order valence-corrected chi connectivity index (χ4v) is 1.84. The van der Waals surface area contributed by atoms with E-state index in [0.717, 1.165) is 16.6 Å². The highest BCUT2D eigenvalue weighted by Crippen LogP contribution is 2.19. The number of anilines is 1. The number of nitrogens with zero attached hydrogens (tertiary/aromatic N) is 3. The van der Waals surface area contributed by atoms with Crippen molar-refractivity contribution in [1.82, 2.24) is 14.4 Å². The van der Waals surface area contributed by atoms with Gasteiger partial charge < -0.3 is 5.32 Å². The van der Waals surface area contributed by atoms with E-state index in [1.54, 1.807) is 18.6 Å². The van der Waals surface area contributed by atoms with Gasteiger partial charge >= 0.3 is 0 Å². The van der Waals surface area contributed by atoms with E-state index in [-0.39, 0.29) is 5.91 Å². The van der Waals surface area contributed by atoms with E-state index in [0.29, 0.717) is 5.82 Å². The van der Waals surface area contributed by atoms with Crippen molar-refractivity contribution in [2.24, 2.45) is 0 Å². The standard InChI is InChI=1S/C12H10N4O/c1-8(17)14-11-3-2-9-6-10-4-5-13-7-16(10)12(9)15-11/h2-7H,1H3,(H,14,15,17). The molecule has 17 heavy (non-hydrogen) atoms. The Bertz CT molecular complexity index is 717. The van der Waals surface area contributed by atoms with Crippen LogP contribution in [0.15, 0.2) is 36.8 Å². The first kappa shape index (κ1) is 9.77. The number of rotatable bonds is 1. The number of fused-ring (bicyclic) bond motifs is 3. The van der Waals surface area contributed by atoms with E-state index in [9.17, 15) is 4.79 Å². The van der Waals surface area contributed by atoms with Crippen molar-refractivity contribution in [1.29, 1.82) is 0 Å². The van der Waals surface area contributed by atoms with Gasteiger partial charge in [0.25, 0.3) is 0 Å².